The van der Waals surface area contributed by atoms with E-state index in [1.807, 2.05) is 24.3 Å². The summed E-state index contributed by atoms with van der Waals surface area (Å²) < 4.78 is 2.33. The highest BCUT2D eigenvalue weighted by Gasteiger charge is 2.13. The number of fused-ring (bicyclic) bond motifs is 3. The monoisotopic (exact) mass is 421 g/mol. The minimum Gasteiger partial charge on any atom is -0.309 e. The summed E-state index contributed by atoms with van der Waals surface area (Å²) >= 11 is 0. The summed E-state index contributed by atoms with van der Waals surface area (Å²) in [6.45, 7) is 7.29. The topological polar surface area (TPSA) is 22.2 Å². The van der Waals surface area contributed by atoms with Gasteiger partial charge < -0.3 is 4.57 Å². The SMILES string of the molecule is [C-]#[N+]c1ccnc(-c2cccc(-c3ccc4c5ccccc5n(-c5ccccc5)c4c3)c2)c1. The van der Waals surface area contributed by atoms with Crippen molar-refractivity contribution in [2.45, 2.75) is 0 Å². The third-order valence-corrected chi connectivity index (χ3v) is 6.05. The van der Waals surface area contributed by atoms with Crippen LogP contribution in [-0.2, 0) is 0 Å². The Balaban J connectivity index is 1.55. The van der Waals surface area contributed by atoms with Crippen molar-refractivity contribution in [2.24, 2.45) is 0 Å². The van der Waals surface area contributed by atoms with Gasteiger partial charge in [-0.05, 0) is 59.2 Å². The van der Waals surface area contributed by atoms with Gasteiger partial charge >= 0.3 is 0 Å². The van der Waals surface area contributed by atoms with E-state index in [-0.39, 0.29) is 0 Å². The maximum absolute atomic E-state index is 7.29. The number of para-hydroxylation sites is 2. The molecule has 33 heavy (non-hydrogen) atoms. The molecule has 2 heterocycles. The van der Waals surface area contributed by atoms with Gasteiger partial charge in [-0.3, -0.25) is 4.98 Å². The molecule has 0 saturated carbocycles. The molecular formula is C30H19N3. The molecule has 0 amide bonds. The second-order valence-electron chi connectivity index (χ2n) is 8.01. The van der Waals surface area contributed by atoms with E-state index >= 15 is 0 Å². The van der Waals surface area contributed by atoms with Gasteiger partial charge in [-0.2, -0.15) is 0 Å². The molecule has 4 aromatic carbocycles. The van der Waals surface area contributed by atoms with Gasteiger partial charge in [0.25, 0.3) is 0 Å². The zero-order chi connectivity index (χ0) is 22.2. The lowest BCUT2D eigenvalue weighted by Gasteiger charge is -2.10. The average Bonchev–Trinajstić information content (AvgIpc) is 3.23. The molecule has 0 saturated heterocycles. The molecule has 0 aliphatic carbocycles. The van der Waals surface area contributed by atoms with Crippen LogP contribution in [0.1, 0.15) is 0 Å². The van der Waals surface area contributed by atoms with Crippen LogP contribution in [0, 0.1) is 6.57 Å². The fourth-order valence-corrected chi connectivity index (χ4v) is 4.51. The van der Waals surface area contributed by atoms with Gasteiger partial charge in [0, 0.05) is 22.7 Å². The van der Waals surface area contributed by atoms with Crippen LogP contribution in [0.15, 0.2) is 115 Å². The number of pyridine rings is 1. The molecule has 3 nitrogen and oxygen atoms in total. The molecule has 0 N–H and O–H groups in total. The summed E-state index contributed by atoms with van der Waals surface area (Å²) in [6.07, 6.45) is 1.69. The summed E-state index contributed by atoms with van der Waals surface area (Å²) in [7, 11) is 0. The molecule has 0 aliphatic rings. The van der Waals surface area contributed by atoms with Crippen molar-refractivity contribution in [1.29, 1.82) is 0 Å². The van der Waals surface area contributed by atoms with E-state index in [0.29, 0.717) is 5.69 Å². The largest absolute Gasteiger partial charge is 0.309 e. The van der Waals surface area contributed by atoms with E-state index in [1.54, 1.807) is 12.3 Å². The second kappa shape index (κ2) is 7.78. The molecule has 0 atom stereocenters. The van der Waals surface area contributed by atoms with Gasteiger partial charge in [-0.25, -0.2) is 4.85 Å². The Labute approximate surface area is 192 Å². The molecule has 2 aromatic heterocycles. The van der Waals surface area contributed by atoms with Crippen molar-refractivity contribution in [3.05, 3.63) is 127 Å². The van der Waals surface area contributed by atoms with Crippen molar-refractivity contribution in [3.8, 4) is 28.1 Å². The smallest absolute Gasteiger partial charge is 0.190 e. The van der Waals surface area contributed by atoms with Crippen LogP contribution in [0.4, 0.5) is 5.69 Å². The number of hydrogen-bond acceptors (Lipinski definition) is 1. The zero-order valence-corrected chi connectivity index (χ0v) is 17.8. The van der Waals surface area contributed by atoms with Crippen LogP contribution in [0.25, 0.3) is 54.7 Å². The van der Waals surface area contributed by atoms with Crippen molar-refractivity contribution in [2.75, 3.05) is 0 Å². The van der Waals surface area contributed by atoms with Gasteiger partial charge in [0.05, 0.1) is 23.3 Å². The lowest BCUT2D eigenvalue weighted by Crippen LogP contribution is -1.93. The zero-order valence-electron chi connectivity index (χ0n) is 17.8. The predicted octanol–water partition coefficient (Wildman–Crippen LogP) is 8.06. The molecule has 6 rings (SSSR count). The molecule has 0 fully saturated rings. The van der Waals surface area contributed by atoms with E-state index in [2.05, 4.69) is 93.3 Å². The Kier molecular flexibility index (Phi) is 4.49. The second-order valence-corrected chi connectivity index (χ2v) is 8.01. The normalized spacial score (nSPS) is 11.0. The Hall–Kier alpha value is -4.68. The highest BCUT2D eigenvalue weighted by atomic mass is 15.0. The molecule has 0 radical (unpaired) electrons. The fraction of sp³-hybridized carbons (Fsp3) is 0. The van der Waals surface area contributed by atoms with E-state index in [9.17, 15) is 0 Å². The highest BCUT2D eigenvalue weighted by molar-refractivity contribution is 6.10. The molecule has 0 spiro atoms. The first-order valence-electron chi connectivity index (χ1n) is 10.8. The maximum atomic E-state index is 7.29. The lowest BCUT2D eigenvalue weighted by molar-refractivity contribution is 1.18. The summed E-state index contributed by atoms with van der Waals surface area (Å²) in [6, 6.07) is 37.7. The van der Waals surface area contributed by atoms with Crippen LogP contribution in [-0.4, -0.2) is 9.55 Å². The minimum absolute atomic E-state index is 0.596. The van der Waals surface area contributed by atoms with Crippen LogP contribution in [0.5, 0.6) is 0 Å². The standard InChI is InChI=1S/C30H19N3/c1-31-24-16-17-32-28(20-24)23-9-7-8-21(18-23)22-14-15-27-26-12-5-6-13-29(26)33(30(27)19-22)25-10-3-2-4-11-25/h2-20H. The van der Waals surface area contributed by atoms with Crippen molar-refractivity contribution < 1.29 is 0 Å². The Morgan fingerprint density at radius 1 is 0.606 bits per heavy atom. The van der Waals surface area contributed by atoms with Crippen LogP contribution in [0.2, 0.25) is 0 Å². The van der Waals surface area contributed by atoms with Crippen molar-refractivity contribution >= 4 is 27.5 Å². The Morgan fingerprint density at radius 3 is 2.24 bits per heavy atom. The molecule has 3 heteroatoms. The van der Waals surface area contributed by atoms with E-state index in [4.69, 9.17) is 6.57 Å². The van der Waals surface area contributed by atoms with Crippen LogP contribution < -0.4 is 0 Å². The summed E-state index contributed by atoms with van der Waals surface area (Å²) in [4.78, 5) is 8.02. The first kappa shape index (κ1) is 19.0. The van der Waals surface area contributed by atoms with Crippen molar-refractivity contribution in [3.63, 3.8) is 0 Å². The molecule has 6 aromatic rings. The first-order chi connectivity index (χ1) is 16.3. The minimum atomic E-state index is 0.596. The third kappa shape index (κ3) is 3.26. The first-order valence-corrected chi connectivity index (χ1v) is 10.8. The quantitative estimate of drug-likeness (QED) is 0.265. The Morgan fingerprint density at radius 2 is 1.36 bits per heavy atom. The molecule has 0 aliphatic heterocycles. The van der Waals surface area contributed by atoms with Crippen molar-refractivity contribution in [1.82, 2.24) is 9.55 Å². The van der Waals surface area contributed by atoms with Crippen LogP contribution >= 0.6 is 0 Å². The van der Waals surface area contributed by atoms with E-state index in [0.717, 1.165) is 28.1 Å². The number of rotatable bonds is 3. The molecule has 154 valence electrons. The van der Waals surface area contributed by atoms with Gasteiger partial charge in [0.1, 0.15) is 0 Å². The Bertz CT molecular complexity index is 1670. The van der Waals surface area contributed by atoms with E-state index in [1.165, 1.54) is 21.8 Å². The van der Waals surface area contributed by atoms with E-state index < -0.39 is 0 Å². The molecule has 0 bridgehead atoms. The number of aromatic nitrogens is 2. The summed E-state index contributed by atoms with van der Waals surface area (Å²) in [5.41, 5.74) is 8.20. The maximum Gasteiger partial charge on any atom is 0.190 e. The van der Waals surface area contributed by atoms with Gasteiger partial charge in [-0.15, -0.1) is 0 Å². The predicted molar refractivity (Wildman–Crippen MR) is 136 cm³/mol. The summed E-state index contributed by atoms with van der Waals surface area (Å²) in [5.74, 6) is 0. The van der Waals surface area contributed by atoms with Gasteiger partial charge in [0.15, 0.2) is 5.69 Å². The third-order valence-electron chi connectivity index (χ3n) is 6.05. The molecular weight excluding hydrogens is 402 g/mol. The number of benzene rings is 4. The lowest BCUT2D eigenvalue weighted by atomic mass is 10.00. The number of nitrogens with zero attached hydrogens (tertiary/aromatic N) is 3. The molecule has 0 unspecified atom stereocenters. The fourth-order valence-electron chi connectivity index (χ4n) is 4.51. The van der Waals surface area contributed by atoms with Gasteiger partial charge in [-0.1, -0.05) is 66.7 Å². The van der Waals surface area contributed by atoms with Gasteiger partial charge in [0.2, 0.25) is 0 Å². The average molecular weight is 422 g/mol. The van der Waals surface area contributed by atoms with Crippen LogP contribution in [0.3, 0.4) is 0 Å². The highest BCUT2D eigenvalue weighted by Crippen LogP contribution is 2.35. The summed E-state index contributed by atoms with van der Waals surface area (Å²) in [5, 5.41) is 2.48. The number of hydrogen-bond donors (Lipinski definition) is 0.